The van der Waals surface area contributed by atoms with E-state index >= 15 is 0 Å². The zero-order valence-electron chi connectivity index (χ0n) is 13.1. The third-order valence-electron chi connectivity index (χ3n) is 3.67. The van der Waals surface area contributed by atoms with Gasteiger partial charge in [0.15, 0.2) is 0 Å². The fourth-order valence-electron chi connectivity index (χ4n) is 2.79. The zero-order chi connectivity index (χ0) is 14.5. The predicted molar refractivity (Wildman–Crippen MR) is 82.2 cm³/mol. The molecule has 1 N–H and O–H groups in total. The molecule has 1 fully saturated rings. The van der Waals surface area contributed by atoms with Crippen molar-refractivity contribution in [3.63, 3.8) is 0 Å². The van der Waals surface area contributed by atoms with Crippen molar-refractivity contribution >= 4 is 0 Å². The number of nitrogens with one attached hydrogen (secondary N) is 1. The molecule has 3 nitrogen and oxygen atoms in total. The minimum atomic E-state index is 0.212. The molecular weight excluding hydrogens is 250 g/mol. The Balaban J connectivity index is 2.08. The molecule has 20 heavy (non-hydrogen) atoms. The Hall–Kier alpha value is -1.06. The lowest BCUT2D eigenvalue weighted by molar-refractivity contribution is 0.0319. The summed E-state index contributed by atoms with van der Waals surface area (Å²) >= 11 is 0. The lowest BCUT2D eigenvalue weighted by Gasteiger charge is -2.25. The third-order valence-corrected chi connectivity index (χ3v) is 3.67. The SMILES string of the molecule is CCNC(c1ccc(OC(C)C)cc1)C1CCC(C)O1. The maximum absolute atomic E-state index is 6.03. The molecule has 0 aliphatic carbocycles. The highest BCUT2D eigenvalue weighted by Gasteiger charge is 2.30. The Kier molecular flexibility index (Phi) is 5.44. The first-order valence-electron chi connectivity index (χ1n) is 7.75. The Labute approximate surface area is 122 Å². The topological polar surface area (TPSA) is 30.5 Å². The summed E-state index contributed by atoms with van der Waals surface area (Å²) in [7, 11) is 0. The van der Waals surface area contributed by atoms with E-state index in [4.69, 9.17) is 9.47 Å². The van der Waals surface area contributed by atoms with Gasteiger partial charge in [0, 0.05) is 0 Å². The van der Waals surface area contributed by atoms with Crippen LogP contribution in [-0.2, 0) is 4.74 Å². The quantitative estimate of drug-likeness (QED) is 0.860. The Bertz CT molecular complexity index is 402. The maximum Gasteiger partial charge on any atom is 0.119 e. The molecule has 1 aromatic carbocycles. The smallest absolute Gasteiger partial charge is 0.119 e. The predicted octanol–water partition coefficient (Wildman–Crippen LogP) is 3.69. The fraction of sp³-hybridized carbons (Fsp3) is 0.647. The van der Waals surface area contributed by atoms with Crippen LogP contribution in [0.15, 0.2) is 24.3 Å². The van der Waals surface area contributed by atoms with E-state index in [2.05, 4.69) is 43.4 Å². The van der Waals surface area contributed by atoms with Crippen LogP contribution in [0.1, 0.15) is 52.1 Å². The first kappa shape index (κ1) is 15.3. The van der Waals surface area contributed by atoms with Crippen LogP contribution in [-0.4, -0.2) is 24.9 Å². The minimum absolute atomic E-state index is 0.212. The van der Waals surface area contributed by atoms with Crippen molar-refractivity contribution < 1.29 is 9.47 Å². The van der Waals surface area contributed by atoms with E-state index in [-0.39, 0.29) is 18.2 Å². The van der Waals surface area contributed by atoms with Gasteiger partial charge in [-0.3, -0.25) is 0 Å². The second-order valence-corrected chi connectivity index (χ2v) is 5.83. The number of hydrogen-bond acceptors (Lipinski definition) is 3. The highest BCUT2D eigenvalue weighted by molar-refractivity contribution is 5.30. The summed E-state index contributed by atoms with van der Waals surface area (Å²) in [4.78, 5) is 0. The molecule has 0 amide bonds. The van der Waals surface area contributed by atoms with Crippen molar-refractivity contribution in [2.24, 2.45) is 0 Å². The number of ether oxygens (including phenoxy) is 2. The highest BCUT2D eigenvalue weighted by atomic mass is 16.5. The first-order chi connectivity index (χ1) is 9.60. The monoisotopic (exact) mass is 277 g/mol. The van der Waals surface area contributed by atoms with Crippen LogP contribution in [0.4, 0.5) is 0 Å². The summed E-state index contributed by atoms with van der Waals surface area (Å²) in [6, 6.07) is 8.68. The Morgan fingerprint density at radius 2 is 1.95 bits per heavy atom. The second kappa shape index (κ2) is 7.09. The molecule has 0 aromatic heterocycles. The average molecular weight is 277 g/mol. The van der Waals surface area contributed by atoms with Gasteiger partial charge in [0.05, 0.1) is 24.4 Å². The molecule has 0 saturated carbocycles. The Morgan fingerprint density at radius 1 is 1.25 bits per heavy atom. The van der Waals surface area contributed by atoms with Gasteiger partial charge in [0.2, 0.25) is 0 Å². The molecule has 2 rings (SSSR count). The molecule has 0 spiro atoms. The van der Waals surface area contributed by atoms with Crippen molar-refractivity contribution in [1.29, 1.82) is 0 Å². The van der Waals surface area contributed by atoms with Crippen LogP contribution < -0.4 is 10.1 Å². The van der Waals surface area contributed by atoms with Gasteiger partial charge in [-0.25, -0.2) is 0 Å². The lowest BCUT2D eigenvalue weighted by Crippen LogP contribution is -2.32. The van der Waals surface area contributed by atoms with Crippen molar-refractivity contribution in [2.45, 2.75) is 64.9 Å². The van der Waals surface area contributed by atoms with Crippen LogP contribution >= 0.6 is 0 Å². The molecule has 0 radical (unpaired) electrons. The number of likely N-dealkylation sites (N-methyl/N-ethyl adjacent to an activating group) is 1. The van der Waals surface area contributed by atoms with Gasteiger partial charge in [-0.1, -0.05) is 19.1 Å². The van der Waals surface area contributed by atoms with Gasteiger partial charge in [-0.05, 0) is 57.9 Å². The van der Waals surface area contributed by atoms with Crippen molar-refractivity contribution in [2.75, 3.05) is 6.54 Å². The van der Waals surface area contributed by atoms with Crippen LogP contribution in [0.2, 0.25) is 0 Å². The average Bonchev–Trinajstić information content (AvgIpc) is 2.83. The van der Waals surface area contributed by atoms with Gasteiger partial charge in [-0.15, -0.1) is 0 Å². The molecule has 1 aromatic rings. The van der Waals surface area contributed by atoms with E-state index in [0.29, 0.717) is 6.10 Å². The van der Waals surface area contributed by atoms with E-state index in [1.807, 2.05) is 13.8 Å². The van der Waals surface area contributed by atoms with Gasteiger partial charge < -0.3 is 14.8 Å². The number of rotatable bonds is 6. The molecular formula is C17H27NO2. The summed E-state index contributed by atoms with van der Waals surface area (Å²) in [6.45, 7) is 9.33. The highest BCUT2D eigenvalue weighted by Crippen LogP contribution is 2.31. The lowest BCUT2D eigenvalue weighted by atomic mass is 9.99. The summed E-state index contributed by atoms with van der Waals surface area (Å²) < 4.78 is 11.7. The number of benzene rings is 1. The Morgan fingerprint density at radius 3 is 2.45 bits per heavy atom. The van der Waals surface area contributed by atoms with Crippen molar-refractivity contribution in [1.82, 2.24) is 5.32 Å². The fourth-order valence-corrected chi connectivity index (χ4v) is 2.79. The van der Waals surface area contributed by atoms with Crippen LogP contribution in [0.5, 0.6) is 5.75 Å². The van der Waals surface area contributed by atoms with Gasteiger partial charge in [0.25, 0.3) is 0 Å². The van der Waals surface area contributed by atoms with E-state index in [0.717, 1.165) is 25.1 Å². The standard InChI is InChI=1S/C17H27NO2/c1-5-18-17(16-11-6-13(4)20-16)14-7-9-15(10-8-14)19-12(2)3/h7-10,12-13,16-18H,5-6,11H2,1-4H3. The molecule has 1 aliphatic heterocycles. The van der Waals surface area contributed by atoms with E-state index < -0.39 is 0 Å². The second-order valence-electron chi connectivity index (χ2n) is 5.83. The van der Waals surface area contributed by atoms with E-state index in [1.54, 1.807) is 0 Å². The van der Waals surface area contributed by atoms with E-state index in [9.17, 15) is 0 Å². The molecule has 3 atom stereocenters. The minimum Gasteiger partial charge on any atom is -0.491 e. The summed E-state index contributed by atoms with van der Waals surface area (Å²) in [5, 5.41) is 3.56. The molecule has 3 heteroatoms. The molecule has 1 aliphatic rings. The molecule has 112 valence electrons. The van der Waals surface area contributed by atoms with Gasteiger partial charge in [0.1, 0.15) is 5.75 Å². The van der Waals surface area contributed by atoms with Crippen LogP contribution in [0.3, 0.4) is 0 Å². The molecule has 1 heterocycles. The molecule has 3 unspecified atom stereocenters. The van der Waals surface area contributed by atoms with Crippen LogP contribution in [0.25, 0.3) is 0 Å². The van der Waals surface area contributed by atoms with Crippen molar-refractivity contribution in [3.05, 3.63) is 29.8 Å². The van der Waals surface area contributed by atoms with Crippen LogP contribution in [0, 0.1) is 0 Å². The summed E-state index contributed by atoms with van der Waals surface area (Å²) in [5.74, 6) is 0.930. The third kappa shape index (κ3) is 3.97. The summed E-state index contributed by atoms with van der Waals surface area (Å²) in [6.07, 6.45) is 3.15. The van der Waals surface area contributed by atoms with E-state index in [1.165, 1.54) is 5.56 Å². The largest absolute Gasteiger partial charge is 0.491 e. The zero-order valence-corrected chi connectivity index (χ0v) is 13.1. The summed E-state index contributed by atoms with van der Waals surface area (Å²) in [5.41, 5.74) is 1.28. The van der Waals surface area contributed by atoms with Gasteiger partial charge in [-0.2, -0.15) is 0 Å². The van der Waals surface area contributed by atoms with Crippen molar-refractivity contribution in [3.8, 4) is 5.75 Å². The number of hydrogen-bond donors (Lipinski definition) is 1. The van der Waals surface area contributed by atoms with Gasteiger partial charge >= 0.3 is 0 Å². The normalized spacial score (nSPS) is 24.1. The molecule has 1 saturated heterocycles. The molecule has 0 bridgehead atoms. The first-order valence-corrected chi connectivity index (χ1v) is 7.75. The maximum atomic E-state index is 6.03.